The van der Waals surface area contributed by atoms with Gasteiger partial charge in [0.05, 0.1) is 19.1 Å². The number of alkyl halides is 1. The minimum Gasteiger partial charge on any atom is -0.378 e. The van der Waals surface area contributed by atoms with Gasteiger partial charge >= 0.3 is 0 Å². The van der Waals surface area contributed by atoms with Crippen molar-refractivity contribution in [3.05, 3.63) is 41.6 Å². The Labute approximate surface area is 157 Å². The molecule has 3 heterocycles. The molecule has 1 unspecified atom stereocenters. The van der Waals surface area contributed by atoms with Crippen LogP contribution in [0.25, 0.3) is 16.5 Å². The molecule has 1 aromatic heterocycles. The number of ether oxygens (including phenoxy) is 1. The van der Waals surface area contributed by atoms with Crippen molar-refractivity contribution in [3.63, 3.8) is 0 Å². The number of carbonyl (C=O) groups excluding carboxylic acids is 1. The summed E-state index contributed by atoms with van der Waals surface area (Å²) in [6.45, 7) is 3.03. The van der Waals surface area contributed by atoms with Crippen molar-refractivity contribution in [1.29, 1.82) is 0 Å². The Kier molecular flexibility index (Phi) is 4.25. The lowest BCUT2D eigenvalue weighted by molar-refractivity contribution is -0.139. The van der Waals surface area contributed by atoms with Gasteiger partial charge in [0.25, 0.3) is 0 Å². The van der Waals surface area contributed by atoms with E-state index < -0.39 is 6.67 Å². The molecule has 0 bridgehead atoms. The number of aromatic amines is 1. The van der Waals surface area contributed by atoms with Gasteiger partial charge in [-0.15, -0.1) is 0 Å². The predicted molar refractivity (Wildman–Crippen MR) is 102 cm³/mol. The summed E-state index contributed by atoms with van der Waals surface area (Å²) >= 11 is 0. The molecule has 5 rings (SSSR count). The lowest BCUT2D eigenvalue weighted by atomic mass is 9.79. The molecule has 2 aliphatic heterocycles. The van der Waals surface area contributed by atoms with E-state index in [1.807, 2.05) is 11.0 Å². The van der Waals surface area contributed by atoms with E-state index in [4.69, 9.17) is 4.74 Å². The van der Waals surface area contributed by atoms with Gasteiger partial charge in [0.2, 0.25) is 5.91 Å². The molecule has 1 aromatic carbocycles. The smallest absolute Gasteiger partial charge is 0.230 e. The maximum Gasteiger partial charge on any atom is 0.230 e. The number of halogens is 1. The van der Waals surface area contributed by atoms with Crippen molar-refractivity contribution >= 4 is 22.4 Å². The number of amides is 1. The number of carbonyl (C=O) groups is 1. The molecule has 2 aromatic rings. The molecule has 5 nitrogen and oxygen atoms in total. The van der Waals surface area contributed by atoms with Gasteiger partial charge in [-0.25, -0.2) is 4.39 Å². The van der Waals surface area contributed by atoms with Gasteiger partial charge in [0.15, 0.2) is 0 Å². The number of rotatable bonds is 3. The van der Waals surface area contributed by atoms with Crippen molar-refractivity contribution in [1.82, 2.24) is 14.8 Å². The third-order valence-electron chi connectivity index (χ3n) is 6.14. The number of aromatic nitrogens is 1. The third kappa shape index (κ3) is 2.78. The largest absolute Gasteiger partial charge is 0.378 e. The van der Waals surface area contributed by atoms with Crippen LogP contribution in [0.15, 0.2) is 30.5 Å². The van der Waals surface area contributed by atoms with Crippen molar-refractivity contribution in [3.8, 4) is 0 Å². The van der Waals surface area contributed by atoms with Crippen molar-refractivity contribution in [2.24, 2.45) is 5.92 Å². The van der Waals surface area contributed by atoms with Gasteiger partial charge in [-0.05, 0) is 29.2 Å². The van der Waals surface area contributed by atoms with E-state index >= 15 is 0 Å². The van der Waals surface area contributed by atoms with Crippen LogP contribution in [0, 0.1) is 5.92 Å². The second-order valence-corrected chi connectivity index (χ2v) is 7.61. The van der Waals surface area contributed by atoms with Gasteiger partial charge in [-0.3, -0.25) is 9.69 Å². The van der Waals surface area contributed by atoms with Crippen LogP contribution >= 0.6 is 0 Å². The van der Waals surface area contributed by atoms with E-state index in [0.29, 0.717) is 39.4 Å². The lowest BCUT2D eigenvalue weighted by Gasteiger charge is -2.42. The minimum absolute atomic E-state index is 0.139. The first-order valence-corrected chi connectivity index (χ1v) is 9.74. The summed E-state index contributed by atoms with van der Waals surface area (Å²) in [7, 11) is 0. The first-order chi connectivity index (χ1) is 13.3. The molecule has 0 spiro atoms. The van der Waals surface area contributed by atoms with Gasteiger partial charge in [0, 0.05) is 49.3 Å². The van der Waals surface area contributed by atoms with Crippen LogP contribution in [0.2, 0.25) is 0 Å². The number of hydrogen-bond acceptors (Lipinski definition) is 3. The first kappa shape index (κ1) is 17.0. The summed E-state index contributed by atoms with van der Waals surface area (Å²) in [5.41, 5.74) is 4.77. The summed E-state index contributed by atoms with van der Waals surface area (Å²) < 4.78 is 18.7. The van der Waals surface area contributed by atoms with Crippen LogP contribution in [0.1, 0.15) is 11.1 Å². The Morgan fingerprint density at radius 3 is 2.96 bits per heavy atom. The van der Waals surface area contributed by atoms with E-state index in [-0.39, 0.29) is 17.9 Å². The van der Waals surface area contributed by atoms with Crippen molar-refractivity contribution in [2.75, 3.05) is 46.1 Å². The minimum atomic E-state index is -0.396. The molecule has 1 saturated heterocycles. The fraction of sp³-hybridized carbons (Fsp3) is 0.476. The van der Waals surface area contributed by atoms with Crippen LogP contribution in [0.5, 0.6) is 0 Å². The van der Waals surface area contributed by atoms with E-state index in [9.17, 15) is 9.18 Å². The normalized spacial score (nSPS) is 25.4. The predicted octanol–water partition coefficient (Wildman–Crippen LogP) is 2.24. The molecule has 0 radical (unpaired) electrons. The number of fused-ring (bicyclic) bond motifs is 2. The molecule has 1 aliphatic carbocycles. The highest BCUT2D eigenvalue weighted by atomic mass is 19.1. The summed E-state index contributed by atoms with van der Waals surface area (Å²) in [5.74, 6) is -0.0863. The Balaban J connectivity index is 1.56. The topological polar surface area (TPSA) is 48.6 Å². The average molecular weight is 369 g/mol. The standard InChI is InChI=1S/C21H24FN3O2/c22-4-5-25-13-15(21(26)24-6-8-27-9-7-24)10-17-16-2-1-3-18-20(16)14(12-23-18)11-19(17)25/h1-3,10,12,15,19,23H,4-9,11,13H2/t15-,19?/m1/s1. The summed E-state index contributed by atoms with van der Waals surface area (Å²) in [6, 6.07) is 6.41. The number of H-pyrrole nitrogens is 1. The highest BCUT2D eigenvalue weighted by Crippen LogP contribution is 2.41. The molecular weight excluding hydrogens is 345 g/mol. The molecule has 2 atom stereocenters. The number of nitrogens with zero attached hydrogens (tertiary/aromatic N) is 2. The van der Waals surface area contributed by atoms with Crippen LogP contribution < -0.4 is 0 Å². The van der Waals surface area contributed by atoms with Crippen molar-refractivity contribution < 1.29 is 13.9 Å². The Morgan fingerprint density at radius 1 is 1.30 bits per heavy atom. The number of hydrogen-bond donors (Lipinski definition) is 1. The maximum atomic E-state index is 13.3. The highest BCUT2D eigenvalue weighted by Gasteiger charge is 2.38. The quantitative estimate of drug-likeness (QED) is 0.903. The van der Waals surface area contributed by atoms with Gasteiger partial charge in [0.1, 0.15) is 6.67 Å². The summed E-state index contributed by atoms with van der Waals surface area (Å²) in [4.78, 5) is 20.5. The van der Waals surface area contributed by atoms with Crippen LogP contribution in [0.4, 0.5) is 4.39 Å². The average Bonchev–Trinajstić information content (AvgIpc) is 3.13. The molecule has 3 aliphatic rings. The highest BCUT2D eigenvalue weighted by molar-refractivity contribution is 5.99. The number of nitrogens with one attached hydrogen (secondary N) is 1. The molecule has 27 heavy (non-hydrogen) atoms. The zero-order valence-electron chi connectivity index (χ0n) is 15.3. The fourth-order valence-electron chi connectivity index (χ4n) is 4.85. The molecule has 1 fully saturated rings. The Morgan fingerprint density at radius 2 is 2.15 bits per heavy atom. The summed E-state index contributed by atoms with van der Waals surface area (Å²) in [5, 5.41) is 1.25. The van der Waals surface area contributed by atoms with Crippen LogP contribution in [-0.4, -0.2) is 72.8 Å². The maximum absolute atomic E-state index is 13.3. The molecule has 0 saturated carbocycles. The first-order valence-electron chi connectivity index (χ1n) is 9.74. The Bertz CT molecular complexity index is 900. The second kappa shape index (κ2) is 6.77. The molecule has 1 N–H and O–H groups in total. The zero-order chi connectivity index (χ0) is 18.4. The SMILES string of the molecule is O=C([C@@H]1C=C2c3cccc4[nH]cc(c34)CC2N(CCF)C1)N1CCOCC1. The monoisotopic (exact) mass is 369 g/mol. The Hall–Kier alpha value is -2.18. The van der Waals surface area contributed by atoms with E-state index in [1.54, 1.807) is 0 Å². The van der Waals surface area contributed by atoms with Crippen molar-refractivity contribution in [2.45, 2.75) is 12.5 Å². The van der Waals surface area contributed by atoms with Crippen LogP contribution in [0.3, 0.4) is 0 Å². The number of benzene rings is 1. The van der Waals surface area contributed by atoms with E-state index in [0.717, 1.165) is 11.9 Å². The van der Waals surface area contributed by atoms with E-state index in [1.165, 1.54) is 22.1 Å². The molecule has 142 valence electrons. The van der Waals surface area contributed by atoms with Gasteiger partial charge in [-0.1, -0.05) is 18.2 Å². The molecule has 6 heteroatoms. The lowest BCUT2D eigenvalue weighted by Crippen LogP contribution is -2.51. The van der Waals surface area contributed by atoms with Gasteiger partial charge < -0.3 is 14.6 Å². The van der Waals surface area contributed by atoms with Crippen LogP contribution in [-0.2, 0) is 16.0 Å². The molecule has 1 amide bonds. The molecular formula is C21H24FN3O2. The second-order valence-electron chi connectivity index (χ2n) is 7.61. The number of morpholine rings is 1. The van der Waals surface area contributed by atoms with E-state index in [2.05, 4.69) is 34.3 Å². The summed E-state index contributed by atoms with van der Waals surface area (Å²) in [6.07, 6.45) is 5.09. The fourth-order valence-corrected chi connectivity index (χ4v) is 4.85. The zero-order valence-corrected chi connectivity index (χ0v) is 15.3. The van der Waals surface area contributed by atoms with Gasteiger partial charge in [-0.2, -0.15) is 0 Å². The third-order valence-corrected chi connectivity index (χ3v) is 6.14.